The first-order valence-electron chi connectivity index (χ1n) is 4.33. The van der Waals surface area contributed by atoms with Crippen molar-refractivity contribution in [2.45, 2.75) is 6.92 Å². The number of rotatable bonds is 3. The third kappa shape index (κ3) is 3.28. The molecule has 0 radical (unpaired) electrons. The Morgan fingerprint density at radius 3 is 2.93 bits per heavy atom. The van der Waals surface area contributed by atoms with Crippen molar-refractivity contribution in [1.82, 2.24) is 4.98 Å². The Balaban J connectivity index is 3.01. The predicted molar refractivity (Wildman–Crippen MR) is 62.0 cm³/mol. The number of hydrogen-bond acceptors (Lipinski definition) is 3. The van der Waals surface area contributed by atoms with Gasteiger partial charge >= 0.3 is 0 Å². The second kappa shape index (κ2) is 4.84. The van der Waals surface area contributed by atoms with Crippen LogP contribution >= 0.6 is 12.2 Å². The van der Waals surface area contributed by atoms with Crippen molar-refractivity contribution in [3.05, 3.63) is 40.6 Å². The topological polar surface area (TPSA) is 54.2 Å². The zero-order valence-corrected chi connectivity index (χ0v) is 9.20. The monoisotopic (exact) mass is 225 g/mol. The standard InChI is InChI=1S/C10H12FN3S/c1-6(12)4-13-7(2)8-5-14-10(15)3-9(8)11/h3,5H,1,4,12H2,2H3,(H,14,15). The molecule has 5 heteroatoms. The van der Waals surface area contributed by atoms with Gasteiger partial charge in [0.2, 0.25) is 0 Å². The van der Waals surface area contributed by atoms with Crippen LogP contribution in [-0.2, 0) is 0 Å². The van der Waals surface area contributed by atoms with Crippen molar-refractivity contribution >= 4 is 17.9 Å². The molecule has 0 aliphatic carbocycles. The SMILES string of the molecule is C=C(N)CN=C(C)c1c[nH]c(=S)cc1F. The van der Waals surface area contributed by atoms with E-state index in [-0.39, 0.29) is 5.82 Å². The fourth-order valence-electron chi connectivity index (χ4n) is 1.03. The van der Waals surface area contributed by atoms with E-state index in [2.05, 4.69) is 16.6 Å². The summed E-state index contributed by atoms with van der Waals surface area (Å²) in [6.07, 6.45) is 1.50. The molecule has 1 rings (SSSR count). The van der Waals surface area contributed by atoms with E-state index in [1.54, 1.807) is 6.92 Å². The van der Waals surface area contributed by atoms with Crippen molar-refractivity contribution in [2.24, 2.45) is 10.7 Å². The summed E-state index contributed by atoms with van der Waals surface area (Å²) >= 11 is 4.78. The summed E-state index contributed by atoms with van der Waals surface area (Å²) in [5.74, 6) is -0.386. The maximum atomic E-state index is 13.4. The Morgan fingerprint density at radius 2 is 2.40 bits per heavy atom. The quantitative estimate of drug-likeness (QED) is 0.612. The first-order chi connectivity index (χ1) is 7.00. The van der Waals surface area contributed by atoms with Crippen molar-refractivity contribution in [2.75, 3.05) is 6.54 Å². The van der Waals surface area contributed by atoms with Crippen LogP contribution in [0.2, 0.25) is 0 Å². The van der Waals surface area contributed by atoms with Crippen LogP contribution < -0.4 is 5.73 Å². The van der Waals surface area contributed by atoms with E-state index >= 15 is 0 Å². The van der Waals surface area contributed by atoms with Crippen LogP contribution in [0.25, 0.3) is 0 Å². The van der Waals surface area contributed by atoms with Crippen molar-refractivity contribution in [3.8, 4) is 0 Å². The van der Waals surface area contributed by atoms with Gasteiger partial charge in [0.25, 0.3) is 0 Å². The fraction of sp³-hybridized carbons (Fsp3) is 0.200. The van der Waals surface area contributed by atoms with E-state index in [0.29, 0.717) is 28.2 Å². The molecule has 0 unspecified atom stereocenters. The highest BCUT2D eigenvalue weighted by Gasteiger charge is 2.04. The summed E-state index contributed by atoms with van der Waals surface area (Å²) in [6.45, 7) is 5.51. The molecule has 0 bridgehead atoms. The number of H-pyrrole nitrogens is 1. The number of nitrogens with one attached hydrogen (secondary N) is 1. The summed E-state index contributed by atoms with van der Waals surface area (Å²) in [6, 6.07) is 1.25. The second-order valence-electron chi connectivity index (χ2n) is 3.12. The van der Waals surface area contributed by atoms with Gasteiger partial charge in [0.05, 0.1) is 6.54 Å². The summed E-state index contributed by atoms with van der Waals surface area (Å²) in [4.78, 5) is 6.83. The van der Waals surface area contributed by atoms with E-state index in [9.17, 15) is 4.39 Å². The maximum absolute atomic E-state index is 13.4. The van der Waals surface area contributed by atoms with Gasteiger partial charge in [-0.3, -0.25) is 4.99 Å². The molecule has 0 amide bonds. The van der Waals surface area contributed by atoms with Gasteiger partial charge in [-0.05, 0) is 6.92 Å². The molecule has 0 saturated carbocycles. The molecule has 0 aliphatic rings. The lowest BCUT2D eigenvalue weighted by molar-refractivity contribution is 0.622. The molecule has 1 aromatic rings. The Kier molecular flexibility index (Phi) is 3.74. The molecule has 80 valence electrons. The highest BCUT2D eigenvalue weighted by Crippen LogP contribution is 2.07. The summed E-state index contributed by atoms with van der Waals surface area (Å²) in [5.41, 5.74) is 6.76. The molecule has 0 spiro atoms. The Bertz CT molecular complexity index is 462. The van der Waals surface area contributed by atoms with E-state index in [1.807, 2.05) is 0 Å². The average Bonchev–Trinajstić information content (AvgIpc) is 2.14. The molecular weight excluding hydrogens is 213 g/mol. The fourth-order valence-corrected chi connectivity index (χ4v) is 1.19. The zero-order chi connectivity index (χ0) is 11.4. The first-order valence-corrected chi connectivity index (χ1v) is 4.74. The van der Waals surface area contributed by atoms with Gasteiger partial charge in [0, 0.05) is 29.2 Å². The molecule has 0 atom stereocenters. The molecule has 15 heavy (non-hydrogen) atoms. The third-order valence-corrected chi connectivity index (χ3v) is 2.02. The largest absolute Gasteiger partial charge is 0.401 e. The molecule has 3 nitrogen and oxygen atoms in total. The van der Waals surface area contributed by atoms with Crippen LogP contribution in [0.5, 0.6) is 0 Å². The van der Waals surface area contributed by atoms with Crippen LogP contribution in [0.15, 0.2) is 29.5 Å². The molecular formula is C10H12FN3S. The van der Waals surface area contributed by atoms with Gasteiger partial charge in [0.1, 0.15) is 10.5 Å². The second-order valence-corrected chi connectivity index (χ2v) is 3.56. The van der Waals surface area contributed by atoms with Crippen molar-refractivity contribution in [3.63, 3.8) is 0 Å². The number of nitrogens with zero attached hydrogens (tertiary/aromatic N) is 1. The smallest absolute Gasteiger partial charge is 0.136 e. The molecule has 0 aromatic carbocycles. The van der Waals surface area contributed by atoms with Gasteiger partial charge < -0.3 is 10.7 Å². The lowest BCUT2D eigenvalue weighted by atomic mass is 10.2. The van der Waals surface area contributed by atoms with Crippen LogP contribution in [0.3, 0.4) is 0 Å². The van der Waals surface area contributed by atoms with Crippen LogP contribution in [0, 0.1) is 10.5 Å². The average molecular weight is 225 g/mol. The lowest BCUT2D eigenvalue weighted by Gasteiger charge is -2.02. The van der Waals surface area contributed by atoms with Gasteiger partial charge in [-0.15, -0.1) is 0 Å². The van der Waals surface area contributed by atoms with Crippen LogP contribution in [0.4, 0.5) is 4.39 Å². The van der Waals surface area contributed by atoms with E-state index in [4.69, 9.17) is 18.0 Å². The predicted octanol–water partition coefficient (Wildman–Crippen LogP) is 2.16. The lowest BCUT2D eigenvalue weighted by Crippen LogP contribution is -2.05. The molecule has 0 aliphatic heterocycles. The van der Waals surface area contributed by atoms with E-state index in [1.165, 1.54) is 12.3 Å². The Morgan fingerprint density at radius 1 is 1.73 bits per heavy atom. The van der Waals surface area contributed by atoms with E-state index < -0.39 is 0 Å². The Labute approximate surface area is 92.5 Å². The van der Waals surface area contributed by atoms with Gasteiger partial charge in [-0.2, -0.15) is 0 Å². The number of hydrogen-bond donors (Lipinski definition) is 2. The molecule has 3 N–H and O–H groups in total. The number of aliphatic imine (C=N–C) groups is 1. The third-order valence-electron chi connectivity index (χ3n) is 1.78. The molecule has 0 saturated heterocycles. The van der Waals surface area contributed by atoms with Gasteiger partial charge in [-0.25, -0.2) is 4.39 Å². The van der Waals surface area contributed by atoms with E-state index in [0.717, 1.165) is 0 Å². The number of aromatic nitrogens is 1. The van der Waals surface area contributed by atoms with Crippen molar-refractivity contribution < 1.29 is 4.39 Å². The zero-order valence-electron chi connectivity index (χ0n) is 8.38. The minimum absolute atomic E-state index is 0.293. The van der Waals surface area contributed by atoms with Crippen LogP contribution in [-0.4, -0.2) is 17.2 Å². The number of aromatic amines is 1. The highest BCUT2D eigenvalue weighted by atomic mass is 32.1. The van der Waals surface area contributed by atoms with Gasteiger partial charge in [0.15, 0.2) is 0 Å². The van der Waals surface area contributed by atoms with Crippen LogP contribution in [0.1, 0.15) is 12.5 Å². The normalized spacial score (nSPS) is 11.5. The number of pyridine rings is 1. The summed E-state index contributed by atoms with van der Waals surface area (Å²) in [7, 11) is 0. The molecule has 1 aromatic heterocycles. The first kappa shape index (κ1) is 11.6. The Hall–Kier alpha value is -1.49. The molecule has 0 fully saturated rings. The maximum Gasteiger partial charge on any atom is 0.136 e. The number of halogens is 1. The molecule has 1 heterocycles. The minimum Gasteiger partial charge on any atom is -0.401 e. The summed E-state index contributed by atoms with van der Waals surface area (Å²) in [5, 5.41) is 0. The highest BCUT2D eigenvalue weighted by molar-refractivity contribution is 7.71. The minimum atomic E-state index is -0.386. The van der Waals surface area contributed by atoms with Crippen molar-refractivity contribution in [1.29, 1.82) is 0 Å². The number of nitrogens with two attached hydrogens (primary N) is 1. The van der Waals surface area contributed by atoms with Gasteiger partial charge in [-0.1, -0.05) is 18.8 Å². The summed E-state index contributed by atoms with van der Waals surface area (Å²) < 4.78 is 13.8.